The lowest BCUT2D eigenvalue weighted by Gasteiger charge is -2.04. The van der Waals surface area contributed by atoms with E-state index in [2.05, 4.69) is 15.9 Å². The third-order valence-electron chi connectivity index (χ3n) is 0.371. The molecule has 7 N–H and O–H groups in total. The Morgan fingerprint density at radius 2 is 2.22 bits per heavy atom. The first-order valence-electron chi connectivity index (χ1n) is 1.81. The number of hydrazone groups is 1. The fourth-order valence-electron chi connectivity index (χ4n) is 0.114. The van der Waals surface area contributed by atoms with E-state index in [1.165, 1.54) is 0 Å². The minimum absolute atomic E-state index is 0.289. The first-order valence-corrected chi connectivity index (χ1v) is 1.81. The zero-order chi connectivity index (χ0) is 7.28. The number of rotatable bonds is 2. The van der Waals surface area contributed by atoms with Crippen molar-refractivity contribution in [1.82, 2.24) is 10.9 Å². The summed E-state index contributed by atoms with van der Waals surface area (Å²) in [5, 5.41) is 18.0. The minimum Gasteiger partial charge on any atom is -0.367 e. The molecule has 0 bridgehead atoms. The SMILES string of the molecule is NN=C(N)NON(O)O. The molecule has 0 radical (unpaired) electrons. The van der Waals surface area contributed by atoms with Gasteiger partial charge in [-0.25, -0.2) is 5.48 Å². The fourth-order valence-corrected chi connectivity index (χ4v) is 0.114. The van der Waals surface area contributed by atoms with Gasteiger partial charge in [-0.3, -0.25) is 10.4 Å². The van der Waals surface area contributed by atoms with Crippen LogP contribution in [-0.2, 0) is 4.94 Å². The van der Waals surface area contributed by atoms with Crippen LogP contribution in [0, 0.1) is 0 Å². The van der Waals surface area contributed by atoms with Gasteiger partial charge in [0.2, 0.25) is 5.96 Å². The van der Waals surface area contributed by atoms with E-state index < -0.39 is 5.39 Å². The van der Waals surface area contributed by atoms with Crippen LogP contribution in [0.1, 0.15) is 0 Å². The maximum Gasteiger partial charge on any atom is 0.236 e. The first-order chi connectivity index (χ1) is 4.16. The summed E-state index contributed by atoms with van der Waals surface area (Å²) in [7, 11) is 0. The molecule has 8 nitrogen and oxygen atoms in total. The number of nitrogens with one attached hydrogen (secondary N) is 1. The molecule has 0 saturated heterocycles. The summed E-state index contributed by atoms with van der Waals surface area (Å²) < 4.78 is 0. The van der Waals surface area contributed by atoms with Gasteiger partial charge < -0.3 is 11.6 Å². The van der Waals surface area contributed by atoms with E-state index in [1.54, 1.807) is 5.48 Å². The van der Waals surface area contributed by atoms with Gasteiger partial charge in [0.05, 0.1) is 5.39 Å². The van der Waals surface area contributed by atoms with Crippen molar-refractivity contribution >= 4 is 5.96 Å². The lowest BCUT2D eigenvalue weighted by molar-refractivity contribution is -0.505. The van der Waals surface area contributed by atoms with E-state index in [9.17, 15) is 0 Å². The Labute approximate surface area is 50.1 Å². The lowest BCUT2D eigenvalue weighted by Crippen LogP contribution is -2.37. The van der Waals surface area contributed by atoms with Gasteiger partial charge >= 0.3 is 0 Å². The van der Waals surface area contributed by atoms with Crippen molar-refractivity contribution in [3.63, 3.8) is 0 Å². The van der Waals surface area contributed by atoms with Crippen LogP contribution in [0.2, 0.25) is 0 Å². The molecule has 0 unspecified atom stereocenters. The van der Waals surface area contributed by atoms with Crippen molar-refractivity contribution in [2.75, 3.05) is 0 Å². The highest BCUT2D eigenvalue weighted by Gasteiger charge is 1.92. The van der Waals surface area contributed by atoms with Gasteiger partial charge in [0, 0.05) is 0 Å². The molecule has 0 aliphatic rings. The quantitative estimate of drug-likeness (QED) is 0.125. The monoisotopic (exact) mass is 137 g/mol. The molecule has 0 saturated carbocycles. The van der Waals surface area contributed by atoms with E-state index in [0.29, 0.717) is 0 Å². The second-order valence-corrected chi connectivity index (χ2v) is 0.960. The van der Waals surface area contributed by atoms with Crippen molar-refractivity contribution in [3.8, 4) is 0 Å². The topological polar surface area (TPSA) is 129 Å². The van der Waals surface area contributed by atoms with Gasteiger partial charge in [0.15, 0.2) is 0 Å². The molecule has 54 valence electrons. The van der Waals surface area contributed by atoms with E-state index in [1.807, 2.05) is 0 Å². The summed E-state index contributed by atoms with van der Waals surface area (Å²) in [6.45, 7) is 0. The Morgan fingerprint density at radius 1 is 1.67 bits per heavy atom. The predicted molar refractivity (Wildman–Crippen MR) is 25.4 cm³/mol. The summed E-state index contributed by atoms with van der Waals surface area (Å²) in [6, 6.07) is 0. The Kier molecular flexibility index (Phi) is 3.39. The largest absolute Gasteiger partial charge is 0.367 e. The Hall–Kier alpha value is -1.09. The van der Waals surface area contributed by atoms with Crippen LogP contribution in [0.25, 0.3) is 0 Å². The second-order valence-electron chi connectivity index (χ2n) is 0.960. The average Bonchev–Trinajstić information content (AvgIpc) is 1.83. The van der Waals surface area contributed by atoms with Gasteiger partial charge in [0.25, 0.3) is 0 Å². The van der Waals surface area contributed by atoms with Crippen molar-refractivity contribution in [2.45, 2.75) is 0 Å². The van der Waals surface area contributed by atoms with Crippen molar-refractivity contribution in [2.24, 2.45) is 16.7 Å². The third kappa shape index (κ3) is 4.77. The molecule has 0 aliphatic carbocycles. The highest BCUT2D eigenvalue weighted by molar-refractivity contribution is 5.76. The van der Waals surface area contributed by atoms with E-state index in [0.717, 1.165) is 0 Å². The normalized spacial score (nSPS) is 12.1. The van der Waals surface area contributed by atoms with Crippen LogP contribution >= 0.6 is 0 Å². The van der Waals surface area contributed by atoms with E-state index in [-0.39, 0.29) is 5.96 Å². The number of nitrogens with zero attached hydrogens (tertiary/aromatic N) is 2. The van der Waals surface area contributed by atoms with Gasteiger partial charge in [-0.05, 0) is 0 Å². The Bertz CT molecular complexity index is 100. The smallest absolute Gasteiger partial charge is 0.236 e. The summed E-state index contributed by atoms with van der Waals surface area (Å²) >= 11 is 0. The Morgan fingerprint density at radius 3 is 2.56 bits per heavy atom. The zero-order valence-electron chi connectivity index (χ0n) is 4.35. The van der Waals surface area contributed by atoms with E-state index >= 15 is 0 Å². The first kappa shape index (κ1) is 7.91. The molecule has 0 aliphatic heterocycles. The molecule has 0 heterocycles. The molecule has 0 fully saturated rings. The van der Waals surface area contributed by atoms with Gasteiger partial charge in [-0.1, -0.05) is 0 Å². The second kappa shape index (κ2) is 3.86. The molecule has 9 heavy (non-hydrogen) atoms. The minimum atomic E-state index is -0.585. The van der Waals surface area contributed by atoms with Crippen LogP contribution in [0.4, 0.5) is 0 Å². The van der Waals surface area contributed by atoms with Crippen LogP contribution in [0.15, 0.2) is 5.10 Å². The summed E-state index contributed by atoms with van der Waals surface area (Å²) in [5.74, 6) is 4.31. The number of guanidine groups is 1. The Balaban J connectivity index is 3.28. The molecular weight excluding hydrogens is 130 g/mol. The molecule has 0 aromatic heterocycles. The highest BCUT2D eigenvalue weighted by atomic mass is 17.1. The van der Waals surface area contributed by atoms with Crippen molar-refractivity contribution in [1.29, 1.82) is 0 Å². The molecule has 0 rings (SSSR count). The number of hydroxylamine groups is 1. The molecule has 0 amide bonds. The molecule has 0 aromatic rings. The average molecular weight is 137 g/mol. The third-order valence-corrected chi connectivity index (χ3v) is 0.371. The van der Waals surface area contributed by atoms with Crippen molar-refractivity contribution in [3.05, 3.63) is 0 Å². The van der Waals surface area contributed by atoms with E-state index in [4.69, 9.17) is 16.1 Å². The van der Waals surface area contributed by atoms with Crippen LogP contribution in [0.5, 0.6) is 0 Å². The van der Waals surface area contributed by atoms with Crippen LogP contribution in [-0.4, -0.2) is 21.8 Å². The number of hydrogen-bond donors (Lipinski definition) is 5. The number of hydrogen-bond acceptors (Lipinski definition) is 6. The molecule has 0 atom stereocenters. The van der Waals surface area contributed by atoms with Gasteiger partial charge in [0.1, 0.15) is 0 Å². The lowest BCUT2D eigenvalue weighted by atomic mass is 11.1. The molecule has 0 aromatic carbocycles. The maximum atomic E-state index is 7.85. The van der Waals surface area contributed by atoms with Gasteiger partial charge in [-0.15, -0.1) is 10.0 Å². The highest BCUT2D eigenvalue weighted by Crippen LogP contribution is 1.66. The summed E-state index contributed by atoms with van der Waals surface area (Å²) in [4.78, 5) is 3.75. The predicted octanol–water partition coefficient (Wildman–Crippen LogP) is -2.31. The fraction of sp³-hybridized carbons (Fsp3) is 0. The van der Waals surface area contributed by atoms with Crippen molar-refractivity contribution < 1.29 is 15.4 Å². The molecular formula is CH7N5O3. The molecule has 0 spiro atoms. The molecule has 8 heteroatoms. The summed E-state index contributed by atoms with van der Waals surface area (Å²) in [5.41, 5.74) is 6.62. The van der Waals surface area contributed by atoms with Gasteiger partial charge in [-0.2, -0.15) is 0 Å². The maximum absolute atomic E-state index is 7.85. The van der Waals surface area contributed by atoms with Crippen LogP contribution in [0.3, 0.4) is 0 Å². The zero-order valence-corrected chi connectivity index (χ0v) is 4.35. The number of nitrogens with two attached hydrogens (primary N) is 2. The summed E-state index contributed by atoms with van der Waals surface area (Å²) in [6.07, 6.45) is 0. The standard InChI is InChI=1S/CH7N5O3/c2-1(4-3)5-9-6(7)8/h7-8H,3H2,(H3,2,4,5). The van der Waals surface area contributed by atoms with Crippen LogP contribution < -0.4 is 17.1 Å².